The maximum Gasteiger partial charge on any atom is 0.306 e. The number of primary sulfonamides is 1. The summed E-state index contributed by atoms with van der Waals surface area (Å²) in [6.45, 7) is -0.135. The zero-order chi connectivity index (χ0) is 20.1. The van der Waals surface area contributed by atoms with Crippen LogP contribution in [0.2, 0.25) is 5.02 Å². The normalized spacial score (nSPS) is 11.4. The quantitative estimate of drug-likeness (QED) is 0.581. The Kier molecular flexibility index (Phi) is 6.08. The molecule has 0 saturated carbocycles. The molecule has 28 heavy (non-hydrogen) atoms. The number of benzene rings is 2. The molecule has 0 amide bonds. The Bertz CT molecular complexity index is 1060. The Balaban J connectivity index is 1.49. The Labute approximate surface area is 166 Å². The number of esters is 1. The SMILES string of the molecule is NS(=O)(=O)c1ccc(CCC(=O)OCc2nc(-c3ccc(Cl)cc3)no2)cc1. The first kappa shape index (κ1) is 20.0. The fraction of sp³-hybridized carbons (Fsp3) is 0.167. The van der Waals surface area contributed by atoms with Crippen molar-refractivity contribution < 1.29 is 22.5 Å². The minimum atomic E-state index is -3.73. The predicted molar refractivity (Wildman–Crippen MR) is 101 cm³/mol. The van der Waals surface area contributed by atoms with Gasteiger partial charge in [0.25, 0.3) is 5.89 Å². The van der Waals surface area contributed by atoms with E-state index in [1.54, 1.807) is 36.4 Å². The summed E-state index contributed by atoms with van der Waals surface area (Å²) >= 11 is 5.84. The number of carbonyl (C=O) groups excluding carboxylic acids is 1. The van der Waals surface area contributed by atoms with Crippen molar-refractivity contribution in [3.8, 4) is 11.4 Å². The summed E-state index contributed by atoms with van der Waals surface area (Å²) in [5, 5.41) is 9.48. The van der Waals surface area contributed by atoms with Crippen LogP contribution < -0.4 is 5.14 Å². The summed E-state index contributed by atoms with van der Waals surface area (Å²) in [4.78, 5) is 16.1. The third-order valence-electron chi connectivity index (χ3n) is 3.80. The fourth-order valence-electron chi connectivity index (χ4n) is 2.34. The molecule has 0 unspecified atom stereocenters. The molecular formula is C18H16ClN3O5S. The first-order valence-corrected chi connectivity index (χ1v) is 10.1. The molecule has 0 saturated heterocycles. The van der Waals surface area contributed by atoms with E-state index in [4.69, 9.17) is 26.0 Å². The van der Waals surface area contributed by atoms with Crippen LogP contribution in [-0.2, 0) is 32.6 Å². The van der Waals surface area contributed by atoms with Crippen LogP contribution in [0.25, 0.3) is 11.4 Å². The standard InChI is InChI=1S/C18H16ClN3O5S/c19-14-6-4-13(5-7-14)18-21-16(27-22-18)11-26-17(23)10-3-12-1-8-15(9-2-12)28(20,24)25/h1-2,4-9H,3,10-11H2,(H2,20,24,25). The lowest BCUT2D eigenvalue weighted by atomic mass is 10.1. The minimum absolute atomic E-state index is 0.0201. The van der Waals surface area contributed by atoms with Crippen molar-refractivity contribution in [1.82, 2.24) is 10.1 Å². The van der Waals surface area contributed by atoms with Gasteiger partial charge >= 0.3 is 5.97 Å². The van der Waals surface area contributed by atoms with E-state index in [0.29, 0.717) is 17.3 Å². The van der Waals surface area contributed by atoms with Crippen LogP contribution in [0.4, 0.5) is 0 Å². The number of hydrogen-bond donors (Lipinski definition) is 1. The van der Waals surface area contributed by atoms with E-state index in [9.17, 15) is 13.2 Å². The summed E-state index contributed by atoms with van der Waals surface area (Å²) in [6.07, 6.45) is 0.510. The Hall–Kier alpha value is -2.75. The van der Waals surface area contributed by atoms with E-state index < -0.39 is 16.0 Å². The van der Waals surface area contributed by atoms with Crippen LogP contribution in [-0.4, -0.2) is 24.5 Å². The molecule has 2 N–H and O–H groups in total. The molecule has 0 spiro atoms. The molecule has 2 aromatic carbocycles. The highest BCUT2D eigenvalue weighted by molar-refractivity contribution is 7.89. The number of nitrogens with two attached hydrogens (primary N) is 1. The number of carbonyl (C=O) groups is 1. The number of rotatable bonds is 7. The first-order chi connectivity index (χ1) is 13.3. The van der Waals surface area contributed by atoms with E-state index in [-0.39, 0.29) is 23.8 Å². The van der Waals surface area contributed by atoms with Gasteiger partial charge in [0.15, 0.2) is 6.61 Å². The van der Waals surface area contributed by atoms with Gasteiger partial charge in [-0.3, -0.25) is 4.79 Å². The van der Waals surface area contributed by atoms with E-state index in [0.717, 1.165) is 11.1 Å². The van der Waals surface area contributed by atoms with Gasteiger partial charge in [0.2, 0.25) is 15.8 Å². The maximum absolute atomic E-state index is 11.9. The topological polar surface area (TPSA) is 125 Å². The summed E-state index contributed by atoms with van der Waals surface area (Å²) in [7, 11) is -3.73. The number of nitrogens with zero attached hydrogens (tertiary/aromatic N) is 2. The Morgan fingerprint density at radius 3 is 2.43 bits per heavy atom. The van der Waals surface area contributed by atoms with Crippen molar-refractivity contribution in [2.75, 3.05) is 0 Å². The smallest absolute Gasteiger partial charge is 0.306 e. The van der Waals surface area contributed by atoms with Gasteiger partial charge in [0, 0.05) is 17.0 Å². The van der Waals surface area contributed by atoms with Crippen molar-refractivity contribution >= 4 is 27.6 Å². The second-order valence-electron chi connectivity index (χ2n) is 5.87. The summed E-state index contributed by atoms with van der Waals surface area (Å²) < 4.78 is 32.6. The largest absolute Gasteiger partial charge is 0.456 e. The van der Waals surface area contributed by atoms with Gasteiger partial charge in [0.05, 0.1) is 4.90 Å². The molecule has 8 nitrogen and oxygen atoms in total. The minimum Gasteiger partial charge on any atom is -0.456 e. The van der Waals surface area contributed by atoms with Crippen molar-refractivity contribution in [2.24, 2.45) is 5.14 Å². The zero-order valence-electron chi connectivity index (χ0n) is 14.5. The van der Waals surface area contributed by atoms with Crippen LogP contribution in [0, 0.1) is 0 Å². The van der Waals surface area contributed by atoms with Gasteiger partial charge in [-0.15, -0.1) is 0 Å². The lowest BCUT2D eigenvalue weighted by Gasteiger charge is -2.03. The molecule has 0 aliphatic carbocycles. The molecule has 10 heteroatoms. The molecule has 1 heterocycles. The highest BCUT2D eigenvalue weighted by Crippen LogP contribution is 2.19. The second-order valence-corrected chi connectivity index (χ2v) is 7.87. The van der Waals surface area contributed by atoms with E-state index in [1.165, 1.54) is 12.1 Å². The number of sulfonamides is 1. The Morgan fingerprint density at radius 2 is 1.79 bits per heavy atom. The van der Waals surface area contributed by atoms with Gasteiger partial charge in [-0.05, 0) is 48.4 Å². The van der Waals surface area contributed by atoms with Crippen molar-refractivity contribution in [1.29, 1.82) is 0 Å². The van der Waals surface area contributed by atoms with E-state index in [2.05, 4.69) is 10.1 Å². The number of aryl methyl sites for hydroxylation is 1. The highest BCUT2D eigenvalue weighted by atomic mass is 35.5. The van der Waals surface area contributed by atoms with E-state index in [1.807, 2.05) is 0 Å². The lowest BCUT2D eigenvalue weighted by Crippen LogP contribution is -2.12. The average molecular weight is 422 g/mol. The number of aromatic nitrogens is 2. The summed E-state index contributed by atoms with van der Waals surface area (Å²) in [6, 6.07) is 12.9. The lowest BCUT2D eigenvalue weighted by molar-refractivity contribution is -0.145. The molecule has 0 fully saturated rings. The number of hydrogen-bond acceptors (Lipinski definition) is 7. The second kappa shape index (κ2) is 8.51. The molecule has 0 bridgehead atoms. The summed E-state index contributed by atoms with van der Waals surface area (Å²) in [5.74, 6) is 0.107. The number of halogens is 1. The monoisotopic (exact) mass is 421 g/mol. The van der Waals surface area contributed by atoms with Gasteiger partial charge < -0.3 is 9.26 Å². The predicted octanol–water partition coefficient (Wildman–Crippen LogP) is 2.71. The molecule has 146 valence electrons. The molecule has 0 atom stereocenters. The third-order valence-corrected chi connectivity index (χ3v) is 4.98. The van der Waals surface area contributed by atoms with Crippen LogP contribution in [0.15, 0.2) is 57.9 Å². The molecular weight excluding hydrogens is 406 g/mol. The van der Waals surface area contributed by atoms with Crippen LogP contribution in [0.3, 0.4) is 0 Å². The maximum atomic E-state index is 11.9. The molecule has 3 aromatic rings. The van der Waals surface area contributed by atoms with Crippen LogP contribution in [0.1, 0.15) is 17.9 Å². The fourth-order valence-corrected chi connectivity index (χ4v) is 2.98. The molecule has 0 aliphatic heterocycles. The van der Waals surface area contributed by atoms with Gasteiger partial charge in [-0.1, -0.05) is 28.9 Å². The van der Waals surface area contributed by atoms with Crippen molar-refractivity contribution in [2.45, 2.75) is 24.3 Å². The van der Waals surface area contributed by atoms with Gasteiger partial charge in [-0.25, -0.2) is 13.6 Å². The van der Waals surface area contributed by atoms with Gasteiger partial charge in [-0.2, -0.15) is 4.98 Å². The third kappa shape index (κ3) is 5.38. The van der Waals surface area contributed by atoms with Crippen LogP contribution in [0.5, 0.6) is 0 Å². The zero-order valence-corrected chi connectivity index (χ0v) is 16.1. The molecule has 3 rings (SSSR count). The average Bonchev–Trinajstić information content (AvgIpc) is 3.14. The van der Waals surface area contributed by atoms with Crippen LogP contribution >= 0.6 is 11.6 Å². The highest BCUT2D eigenvalue weighted by Gasteiger charge is 2.12. The number of ether oxygens (including phenoxy) is 1. The van der Waals surface area contributed by atoms with Gasteiger partial charge in [0.1, 0.15) is 0 Å². The van der Waals surface area contributed by atoms with Crippen molar-refractivity contribution in [3.05, 3.63) is 65.0 Å². The molecule has 1 aromatic heterocycles. The summed E-state index contributed by atoms with van der Waals surface area (Å²) in [5.41, 5.74) is 1.51. The van der Waals surface area contributed by atoms with Crippen molar-refractivity contribution in [3.63, 3.8) is 0 Å². The van der Waals surface area contributed by atoms with E-state index >= 15 is 0 Å². The Morgan fingerprint density at radius 1 is 1.11 bits per heavy atom. The first-order valence-electron chi connectivity index (χ1n) is 8.17. The molecule has 0 aliphatic rings. The molecule has 0 radical (unpaired) electrons.